The summed E-state index contributed by atoms with van der Waals surface area (Å²) in [6, 6.07) is 42.5. The predicted octanol–water partition coefficient (Wildman–Crippen LogP) is 24.9. The maximum atomic E-state index is 14.3. The van der Waals surface area contributed by atoms with Gasteiger partial charge in [-0.1, -0.05) is 163 Å². The van der Waals surface area contributed by atoms with E-state index in [1.165, 1.54) is 50.1 Å². The molecule has 10 aromatic heterocycles. The third kappa shape index (κ3) is 27.8. The van der Waals surface area contributed by atoms with Gasteiger partial charge in [0, 0.05) is 63.4 Å². The van der Waals surface area contributed by atoms with Crippen molar-refractivity contribution in [2.45, 2.75) is 200 Å². The molecule has 4 aliphatic heterocycles. The van der Waals surface area contributed by atoms with Gasteiger partial charge in [0.2, 0.25) is 5.82 Å². The predicted molar refractivity (Wildman–Crippen MR) is 556 cm³/mol. The average molecular weight is 2190 g/mol. The Kier molecular flexibility index (Phi) is 36.9. The van der Waals surface area contributed by atoms with E-state index >= 15 is 0 Å². The van der Waals surface area contributed by atoms with Gasteiger partial charge in [0.1, 0.15) is 62.6 Å². The van der Waals surface area contributed by atoms with Crippen LogP contribution < -0.4 is 27.4 Å². The zero-order valence-electron chi connectivity index (χ0n) is 81.9. The van der Waals surface area contributed by atoms with Gasteiger partial charge < -0.3 is 56.2 Å². The molecule has 3 fully saturated rings. The minimum absolute atomic E-state index is 0.0552. The first kappa shape index (κ1) is 113. The molecule has 0 saturated carbocycles. The third-order valence-corrected chi connectivity index (χ3v) is 28.9. The first-order valence-electron chi connectivity index (χ1n) is 46.6. The van der Waals surface area contributed by atoms with Crippen molar-refractivity contribution in [3.05, 3.63) is 270 Å². The number of aliphatic imine (C=N–C) groups is 1. The third-order valence-electron chi connectivity index (χ3n) is 23.6. The molecule has 48 heteroatoms. The van der Waals surface area contributed by atoms with Crippen molar-refractivity contribution < 1.29 is 83.0 Å². The number of anilines is 8. The first-order valence-corrected chi connectivity index (χ1v) is 55.3. The topological polar surface area (TPSA) is 422 Å². The number of ether oxygens (including phenoxy) is 3. The minimum atomic E-state index is -3.60. The number of hydrogen-bond acceptors (Lipinski definition) is 27. The summed E-state index contributed by atoms with van der Waals surface area (Å²) in [5.74, 6) is 0.730. The number of aromatic nitrogens is 13. The van der Waals surface area contributed by atoms with Gasteiger partial charge in [-0.05, 0) is 171 Å². The van der Waals surface area contributed by atoms with Crippen LogP contribution in [0.5, 0.6) is 0 Å². The lowest BCUT2D eigenvalue weighted by Crippen LogP contribution is -2.20. The summed E-state index contributed by atoms with van der Waals surface area (Å²) in [5.41, 5.74) is 19.4. The van der Waals surface area contributed by atoms with E-state index in [2.05, 4.69) is 80.3 Å². The van der Waals surface area contributed by atoms with Crippen molar-refractivity contribution in [3.63, 3.8) is 0 Å². The van der Waals surface area contributed by atoms with Gasteiger partial charge in [-0.25, -0.2) is 104 Å². The number of pyridine rings is 7. The van der Waals surface area contributed by atoms with E-state index in [0.717, 1.165) is 80.2 Å². The van der Waals surface area contributed by atoms with Crippen LogP contribution in [0.3, 0.4) is 0 Å². The minimum Gasteiger partial charge on any atom is -0.398 e. The second-order valence-corrected chi connectivity index (χ2v) is 44.9. The number of alkyl halides is 8. The van der Waals surface area contributed by atoms with Gasteiger partial charge in [-0.2, -0.15) is 0 Å². The van der Waals surface area contributed by atoms with E-state index in [4.69, 9.17) is 85.2 Å². The summed E-state index contributed by atoms with van der Waals surface area (Å²) < 4.78 is 226. The normalized spacial score (nSPS) is 15.3. The van der Waals surface area contributed by atoms with Crippen LogP contribution >= 0.6 is 34.8 Å². The summed E-state index contributed by atoms with van der Waals surface area (Å²) >= 11 is 18.0. The van der Waals surface area contributed by atoms with Gasteiger partial charge in [0.05, 0.1) is 100 Å². The maximum absolute atomic E-state index is 14.3. The Labute approximate surface area is 870 Å². The van der Waals surface area contributed by atoms with Crippen molar-refractivity contribution in [3.8, 4) is 0 Å². The Balaban J connectivity index is 0.000000157. The monoisotopic (exact) mass is 2180 g/mol. The molecule has 33 nitrogen and oxygen atoms in total. The molecule has 14 heterocycles. The van der Waals surface area contributed by atoms with Crippen LogP contribution in [0.1, 0.15) is 218 Å². The molecular formula is C101H103Cl3F8N22O11S4. The van der Waals surface area contributed by atoms with Crippen LogP contribution in [0.2, 0.25) is 15.3 Å². The maximum Gasteiger partial charge on any atom is 0.295 e. The van der Waals surface area contributed by atoms with Crippen LogP contribution in [-0.2, 0) is 72.8 Å². The summed E-state index contributed by atoms with van der Waals surface area (Å²) in [6.07, 6.45) is -1.28. The number of fused-ring (bicyclic) bond motifs is 4. The quantitative estimate of drug-likeness (QED) is 0.0162. The van der Waals surface area contributed by atoms with E-state index in [1.807, 2.05) is 71.9 Å². The summed E-state index contributed by atoms with van der Waals surface area (Å²) in [5, 5.41) is 9.58. The molecule has 14 aromatic rings. The van der Waals surface area contributed by atoms with E-state index in [1.54, 1.807) is 91.0 Å². The second-order valence-electron chi connectivity index (χ2n) is 35.7. The van der Waals surface area contributed by atoms with Gasteiger partial charge >= 0.3 is 0 Å². The number of sulfone groups is 4. The molecule has 3 saturated heterocycles. The highest BCUT2D eigenvalue weighted by Gasteiger charge is 2.36. The Hall–Kier alpha value is -13.5. The van der Waals surface area contributed by atoms with Gasteiger partial charge in [-0.3, -0.25) is 18.7 Å². The number of imidazole rings is 3. The van der Waals surface area contributed by atoms with Crippen LogP contribution in [0.25, 0.3) is 48.0 Å². The van der Waals surface area contributed by atoms with Crippen molar-refractivity contribution in [2.24, 2.45) is 4.99 Å². The van der Waals surface area contributed by atoms with E-state index in [0.29, 0.717) is 119 Å². The Morgan fingerprint density at radius 2 is 0.738 bits per heavy atom. The summed E-state index contributed by atoms with van der Waals surface area (Å²) in [4.78, 5) is 57.7. The van der Waals surface area contributed by atoms with Gasteiger partial charge in [0.25, 0.3) is 43.2 Å². The molecule has 4 aromatic carbocycles. The number of rotatable bonds is 24. The molecule has 784 valence electrons. The molecule has 3 atom stereocenters. The fraction of sp³-hybridized carbons (Fsp3) is 0.347. The molecule has 3 unspecified atom stereocenters. The second kappa shape index (κ2) is 48.8. The fourth-order valence-corrected chi connectivity index (χ4v) is 20.7. The molecule has 4 aliphatic rings. The highest BCUT2D eigenvalue weighted by molar-refractivity contribution is 7.91. The van der Waals surface area contributed by atoms with Gasteiger partial charge in [0.15, 0.2) is 73.8 Å². The van der Waals surface area contributed by atoms with Crippen LogP contribution in [-0.4, -0.2) is 154 Å². The Bertz CT molecular complexity index is 7970. The summed E-state index contributed by atoms with van der Waals surface area (Å²) in [7, 11) is -13.8. The molecule has 0 bridgehead atoms. The van der Waals surface area contributed by atoms with Crippen LogP contribution in [0, 0.1) is 19.7 Å². The van der Waals surface area contributed by atoms with Crippen LogP contribution in [0.4, 0.5) is 104 Å². The molecule has 0 aliphatic carbocycles. The number of nitrogens with zero attached hydrogens (tertiary/aromatic N) is 17. The van der Waals surface area contributed by atoms with Crippen molar-refractivity contribution in [2.75, 3.05) is 72.3 Å². The van der Waals surface area contributed by atoms with Crippen LogP contribution in [0.15, 0.2) is 182 Å². The zero-order chi connectivity index (χ0) is 108. The lowest BCUT2D eigenvalue weighted by atomic mass is 10.0. The van der Waals surface area contributed by atoms with Crippen molar-refractivity contribution in [1.29, 1.82) is 0 Å². The summed E-state index contributed by atoms with van der Waals surface area (Å²) in [6.45, 7) is 35.3. The Morgan fingerprint density at radius 3 is 1.11 bits per heavy atom. The van der Waals surface area contributed by atoms with Gasteiger partial charge in [-0.15, -0.1) is 15.0 Å². The number of halogens is 11. The van der Waals surface area contributed by atoms with E-state index < -0.39 is 95.4 Å². The number of hydrogen-bond donors (Lipinski definition) is 5. The average Bonchev–Trinajstić information content (AvgIpc) is 1.61. The SMILES string of the molecule is CS(=O)(=O)c1ccccc1N.CS(=O)(=O)c1ccccc1Nc1cc(Cl)nc2c1nc(C(F)F)n2C1CCCCO1.FC(F)c1nc2c(Cl)cc(Cl)nc2n1C1CCCCO1.[C-]#[N+]c1nc(Cc2cc(Nc3ccccc3S(C)(=O)=O)c3c(n2)CC(C(F)F)=N3)ccc1C(C)C.[C-]#[N+]c1nc(Cc2cc(Nc3ccccc3S(C)(=O)=O)c3nc(C(F)F)n(C4CCCCO4)c3n2)ccc1C(C)C.[C-]#[N+]c1nc(N)ccc1C(C)C. The molecule has 0 amide bonds. The molecule has 149 heavy (non-hydrogen) atoms. The molecular weight excluding hydrogens is 2080 g/mol. The number of nitrogens with two attached hydrogens (primary N) is 2. The van der Waals surface area contributed by atoms with E-state index in [-0.39, 0.29) is 134 Å². The highest BCUT2D eigenvalue weighted by atomic mass is 35.5. The molecule has 0 spiro atoms. The highest BCUT2D eigenvalue weighted by Crippen LogP contribution is 2.45. The molecule has 18 rings (SSSR count). The lowest BCUT2D eigenvalue weighted by molar-refractivity contribution is -0.0363. The molecule has 0 radical (unpaired) electrons. The number of benzene rings is 4. The smallest absolute Gasteiger partial charge is 0.295 e. The first-order chi connectivity index (χ1) is 70.6. The molecule has 7 N–H and O–H groups in total. The number of nitrogens with one attached hydrogen (secondary N) is 3. The number of para-hydroxylation sites is 4. The Morgan fingerprint density at radius 1 is 0.389 bits per heavy atom. The standard InChI is InChI=1S/C29H30F2N6O3S.C25H23F2N5O2S.C19H19ClF2N4O3S.C12H11Cl2F2N3O.C9H11N3.C7H9NO2S/c1-17(2)20-13-12-18(33-27(20)32-3)15-19-16-22(35-21-9-5-6-10-23(21)41(4,38)39)25-28(34-19)37(29(36-25)26(30)31)24-11-7-8-14-40-24;1-14(2)17-10-9-15(30-25(17)28-3)11-16-12-19(23-20(29-16)13-21(32-23)24(26)27)31-18-7-5-6-8-22(18)35(4,33)34;1-30(27,28)13-7-3-2-6-11(13)23-12-10-14(20)24-18-16(12)25-19(17(21)22)26(18)15-8-4-5-9-29-15;13-6-5-7(14)17-11-9(6)18-12(10(15)16)19(11)8-3-1-2-4-20-8;1-6(2)7-4-5-8(10)12-9(7)11-3;1-11(9,10)7-5-3-2-4-6(7)8/h5-6,9-10,12-13,16-17,24,26H,7-8,11,14-15H2,1-2,4H3,(H,34,35);5-10,12,14,24H,11,13H2,1-2,4H3,(H,29,31);2-3,6-7,10,15,17H,4-5,8-9H2,1H3,(H,23,24);5,8,10H,1-4H2;4-6H,1-2H3,(H2,10,12);2-5H,8H2,1H3. The lowest BCUT2D eigenvalue weighted by Gasteiger charge is -2.25. The fourth-order valence-electron chi connectivity index (χ4n) is 16.7. The van der Waals surface area contributed by atoms with Crippen molar-refractivity contribution >= 4 is 182 Å². The number of nitrogen functional groups attached to an aromatic ring is 2. The zero-order valence-corrected chi connectivity index (χ0v) is 87.5. The van der Waals surface area contributed by atoms with Crippen molar-refractivity contribution in [1.82, 2.24) is 63.5 Å². The largest absolute Gasteiger partial charge is 0.398 e. The van der Waals surface area contributed by atoms with E-state index in [9.17, 15) is 68.8 Å².